The predicted octanol–water partition coefficient (Wildman–Crippen LogP) is 6.28. The molecule has 1 aliphatic heterocycles. The first kappa shape index (κ1) is 25.4. The average molecular weight is 505 g/mol. The van der Waals surface area contributed by atoms with Gasteiger partial charge in [0, 0.05) is 36.4 Å². The molecule has 0 N–H and O–H groups in total. The van der Waals surface area contributed by atoms with E-state index < -0.39 is 5.79 Å². The van der Waals surface area contributed by atoms with Crippen LogP contribution in [0.3, 0.4) is 0 Å². The zero-order valence-corrected chi connectivity index (χ0v) is 21.9. The average Bonchev–Trinajstić information content (AvgIpc) is 3.56. The van der Waals surface area contributed by atoms with Crippen molar-refractivity contribution in [2.45, 2.75) is 64.1 Å². The molecule has 2 heterocycles. The Labute approximate surface area is 219 Å². The number of pyridine rings is 1. The normalized spacial score (nSPS) is 19.1. The molecule has 7 nitrogen and oxygen atoms in total. The zero-order valence-electron chi connectivity index (χ0n) is 21.9. The van der Waals surface area contributed by atoms with Gasteiger partial charge >= 0.3 is 0 Å². The first-order chi connectivity index (χ1) is 18.0. The molecule has 196 valence electrons. The van der Waals surface area contributed by atoms with Gasteiger partial charge < -0.3 is 28.6 Å². The number of hydrogen-bond donors (Lipinski definition) is 0. The molecule has 1 saturated carbocycles. The molecule has 2 fully saturated rings. The number of hydrogen-bond acceptors (Lipinski definition) is 7. The van der Waals surface area contributed by atoms with Crippen molar-refractivity contribution in [2.75, 3.05) is 25.2 Å². The van der Waals surface area contributed by atoms with Gasteiger partial charge in [0.25, 0.3) is 0 Å². The second kappa shape index (κ2) is 11.4. The molecule has 1 aromatic heterocycles. The molecule has 2 aliphatic rings. The third-order valence-electron chi connectivity index (χ3n) is 6.77. The smallest absolute Gasteiger partial charge is 0.163 e. The lowest BCUT2D eigenvalue weighted by atomic mass is 10.1. The van der Waals surface area contributed by atoms with Crippen LogP contribution >= 0.6 is 0 Å². The Morgan fingerprint density at radius 1 is 1.00 bits per heavy atom. The standard InChI is InChI=1S/C30H36N2O5/c1-30(2)35-21-27(37-30)20-34-25-13-10-23(11-14-25)32(19-22-7-6-16-31-18-22)24-12-15-28(33-3)29(17-24)36-26-8-4-5-9-26/h6-7,10-18,26-27H,4-5,8-9,19-21H2,1-3H3. The Bertz CT molecular complexity index is 1150. The van der Waals surface area contributed by atoms with E-state index in [0.29, 0.717) is 19.8 Å². The number of anilines is 2. The van der Waals surface area contributed by atoms with Crippen LogP contribution in [-0.4, -0.2) is 43.3 Å². The summed E-state index contributed by atoms with van der Waals surface area (Å²) in [6.45, 7) is 5.48. The van der Waals surface area contributed by atoms with Crippen molar-refractivity contribution in [3.8, 4) is 17.2 Å². The summed E-state index contributed by atoms with van der Waals surface area (Å²) in [5.74, 6) is 1.77. The summed E-state index contributed by atoms with van der Waals surface area (Å²) < 4.78 is 29.5. The molecule has 3 aromatic rings. The molecule has 1 saturated heterocycles. The van der Waals surface area contributed by atoms with Crippen molar-refractivity contribution < 1.29 is 23.7 Å². The van der Waals surface area contributed by atoms with Gasteiger partial charge in [-0.05, 0) is 87.6 Å². The molecular formula is C30H36N2O5. The summed E-state index contributed by atoms with van der Waals surface area (Å²) in [6.07, 6.45) is 8.46. The quantitative estimate of drug-likeness (QED) is 0.322. The van der Waals surface area contributed by atoms with Gasteiger partial charge in [-0.25, -0.2) is 0 Å². The van der Waals surface area contributed by atoms with Gasteiger partial charge in [0.15, 0.2) is 17.3 Å². The van der Waals surface area contributed by atoms with Gasteiger partial charge in [-0.1, -0.05) is 6.07 Å². The predicted molar refractivity (Wildman–Crippen MR) is 143 cm³/mol. The van der Waals surface area contributed by atoms with E-state index >= 15 is 0 Å². The Morgan fingerprint density at radius 2 is 1.78 bits per heavy atom. The minimum Gasteiger partial charge on any atom is -0.493 e. The van der Waals surface area contributed by atoms with Gasteiger partial charge in [0.05, 0.1) is 19.8 Å². The Morgan fingerprint density at radius 3 is 2.46 bits per heavy atom. The molecule has 1 atom stereocenters. The van der Waals surface area contributed by atoms with Crippen molar-refractivity contribution in [3.05, 3.63) is 72.6 Å². The first-order valence-electron chi connectivity index (χ1n) is 13.0. The highest BCUT2D eigenvalue weighted by molar-refractivity contribution is 5.67. The van der Waals surface area contributed by atoms with Crippen molar-refractivity contribution >= 4 is 11.4 Å². The number of methoxy groups -OCH3 is 1. The fraction of sp³-hybridized carbons (Fsp3) is 0.433. The largest absolute Gasteiger partial charge is 0.493 e. The van der Waals surface area contributed by atoms with Crippen LogP contribution in [0, 0.1) is 0 Å². The van der Waals surface area contributed by atoms with E-state index in [9.17, 15) is 0 Å². The second-order valence-corrected chi connectivity index (χ2v) is 10.1. The number of benzene rings is 2. The van der Waals surface area contributed by atoms with Gasteiger partial charge in [-0.2, -0.15) is 0 Å². The second-order valence-electron chi connectivity index (χ2n) is 10.1. The summed E-state index contributed by atoms with van der Waals surface area (Å²) in [6, 6.07) is 18.3. The maximum Gasteiger partial charge on any atom is 0.163 e. The number of ether oxygens (including phenoxy) is 5. The monoisotopic (exact) mass is 504 g/mol. The van der Waals surface area contributed by atoms with Crippen LogP contribution in [-0.2, 0) is 16.0 Å². The zero-order chi connectivity index (χ0) is 25.7. The molecular weight excluding hydrogens is 468 g/mol. The lowest BCUT2D eigenvalue weighted by molar-refractivity contribution is -0.141. The third kappa shape index (κ3) is 6.53. The van der Waals surface area contributed by atoms with Gasteiger partial charge in [0.2, 0.25) is 0 Å². The van der Waals surface area contributed by atoms with Crippen LogP contribution in [0.2, 0.25) is 0 Å². The number of rotatable bonds is 10. The van der Waals surface area contributed by atoms with Crippen LogP contribution < -0.4 is 19.1 Å². The topological polar surface area (TPSA) is 62.3 Å². The summed E-state index contributed by atoms with van der Waals surface area (Å²) >= 11 is 0. The molecule has 0 spiro atoms. The molecule has 1 aliphatic carbocycles. The summed E-state index contributed by atoms with van der Waals surface area (Å²) in [5, 5.41) is 0. The van der Waals surface area contributed by atoms with E-state index in [1.165, 1.54) is 12.8 Å². The summed E-state index contributed by atoms with van der Waals surface area (Å²) in [4.78, 5) is 6.56. The molecule has 2 aromatic carbocycles. The van der Waals surface area contributed by atoms with Crippen LogP contribution in [0.1, 0.15) is 45.1 Å². The Balaban J connectivity index is 1.37. The van der Waals surface area contributed by atoms with Crippen molar-refractivity contribution in [2.24, 2.45) is 0 Å². The first-order valence-corrected chi connectivity index (χ1v) is 13.0. The molecule has 7 heteroatoms. The van der Waals surface area contributed by atoms with E-state index in [1.807, 2.05) is 44.3 Å². The van der Waals surface area contributed by atoms with Crippen molar-refractivity contribution in [1.82, 2.24) is 4.98 Å². The van der Waals surface area contributed by atoms with Crippen molar-refractivity contribution in [1.29, 1.82) is 0 Å². The van der Waals surface area contributed by atoms with Crippen LogP contribution in [0.15, 0.2) is 67.0 Å². The molecule has 5 rings (SSSR count). The highest BCUT2D eigenvalue weighted by atomic mass is 16.7. The lowest BCUT2D eigenvalue weighted by Gasteiger charge is -2.27. The maximum atomic E-state index is 6.38. The van der Waals surface area contributed by atoms with E-state index in [-0.39, 0.29) is 12.2 Å². The van der Waals surface area contributed by atoms with Crippen molar-refractivity contribution in [3.63, 3.8) is 0 Å². The van der Waals surface area contributed by atoms with E-state index in [2.05, 4.69) is 40.2 Å². The Hall–Kier alpha value is -3.29. The minimum atomic E-state index is -0.552. The van der Waals surface area contributed by atoms with Gasteiger partial charge in [-0.15, -0.1) is 0 Å². The van der Waals surface area contributed by atoms with Crippen LogP contribution in [0.25, 0.3) is 0 Å². The highest BCUT2D eigenvalue weighted by Gasteiger charge is 2.33. The van der Waals surface area contributed by atoms with Gasteiger partial charge in [0.1, 0.15) is 18.5 Å². The van der Waals surface area contributed by atoms with E-state index in [1.54, 1.807) is 13.3 Å². The van der Waals surface area contributed by atoms with Gasteiger partial charge in [-0.3, -0.25) is 4.98 Å². The molecule has 37 heavy (non-hydrogen) atoms. The summed E-state index contributed by atoms with van der Waals surface area (Å²) in [7, 11) is 1.69. The molecule has 0 amide bonds. The minimum absolute atomic E-state index is 0.0747. The third-order valence-corrected chi connectivity index (χ3v) is 6.77. The molecule has 0 bridgehead atoms. The molecule has 1 unspecified atom stereocenters. The SMILES string of the molecule is COc1ccc(N(Cc2cccnc2)c2ccc(OCC3COC(C)(C)O3)cc2)cc1OC1CCCC1. The molecule has 0 radical (unpaired) electrons. The fourth-order valence-corrected chi connectivity index (χ4v) is 4.87. The van der Waals surface area contributed by atoms with Crippen LogP contribution in [0.4, 0.5) is 11.4 Å². The fourth-order valence-electron chi connectivity index (χ4n) is 4.87. The van der Waals surface area contributed by atoms with E-state index in [0.717, 1.165) is 47.0 Å². The maximum absolute atomic E-state index is 6.38. The Kier molecular flexibility index (Phi) is 7.82. The lowest BCUT2D eigenvalue weighted by Crippen LogP contribution is -2.25. The highest BCUT2D eigenvalue weighted by Crippen LogP contribution is 2.38. The number of aromatic nitrogens is 1. The van der Waals surface area contributed by atoms with E-state index in [4.69, 9.17) is 23.7 Å². The summed E-state index contributed by atoms with van der Waals surface area (Å²) in [5.41, 5.74) is 3.16. The van der Waals surface area contributed by atoms with Crippen LogP contribution in [0.5, 0.6) is 17.2 Å². The number of nitrogens with zero attached hydrogens (tertiary/aromatic N) is 2.